The highest BCUT2D eigenvalue weighted by Crippen LogP contribution is 2.22. The van der Waals surface area contributed by atoms with Gasteiger partial charge in [-0.2, -0.15) is 11.8 Å². The molecule has 1 fully saturated rings. The van der Waals surface area contributed by atoms with E-state index in [1.807, 2.05) is 7.05 Å². The molecule has 0 spiro atoms. The molecule has 1 aliphatic rings. The Balaban J connectivity index is 2.66. The molecule has 1 saturated heterocycles. The van der Waals surface area contributed by atoms with Crippen molar-refractivity contribution in [3.63, 3.8) is 0 Å². The minimum absolute atomic E-state index is 0.245. The van der Waals surface area contributed by atoms with Crippen LogP contribution in [0.4, 0.5) is 0 Å². The van der Waals surface area contributed by atoms with Crippen LogP contribution in [0.2, 0.25) is 0 Å². The SMILES string of the molecule is CCS(=O)(=O)C1CSCCN1CC(C)CNC. The van der Waals surface area contributed by atoms with Crippen molar-refractivity contribution in [1.82, 2.24) is 10.2 Å². The van der Waals surface area contributed by atoms with E-state index in [1.165, 1.54) is 0 Å². The highest BCUT2D eigenvalue weighted by Gasteiger charge is 2.33. The van der Waals surface area contributed by atoms with Crippen molar-refractivity contribution >= 4 is 21.6 Å². The van der Waals surface area contributed by atoms with Crippen molar-refractivity contribution in [1.29, 1.82) is 0 Å². The zero-order valence-electron chi connectivity index (χ0n) is 11.0. The molecule has 17 heavy (non-hydrogen) atoms. The maximum absolute atomic E-state index is 12.0. The van der Waals surface area contributed by atoms with Crippen LogP contribution in [0, 0.1) is 5.92 Å². The van der Waals surface area contributed by atoms with Crippen molar-refractivity contribution in [3.05, 3.63) is 0 Å². The van der Waals surface area contributed by atoms with Crippen molar-refractivity contribution in [3.8, 4) is 0 Å². The zero-order chi connectivity index (χ0) is 12.9. The fourth-order valence-electron chi connectivity index (χ4n) is 2.16. The molecule has 2 unspecified atom stereocenters. The van der Waals surface area contributed by atoms with Gasteiger partial charge in [-0.25, -0.2) is 8.42 Å². The second kappa shape index (κ2) is 6.97. The summed E-state index contributed by atoms with van der Waals surface area (Å²) in [6.07, 6.45) is 0. The third-order valence-electron chi connectivity index (χ3n) is 3.11. The van der Waals surface area contributed by atoms with Crippen LogP contribution in [0.25, 0.3) is 0 Å². The quantitative estimate of drug-likeness (QED) is 0.774. The van der Waals surface area contributed by atoms with E-state index >= 15 is 0 Å². The van der Waals surface area contributed by atoms with Crippen LogP contribution in [0.5, 0.6) is 0 Å². The van der Waals surface area contributed by atoms with Gasteiger partial charge in [0.05, 0.1) is 0 Å². The standard InChI is InChI=1S/C11H24N2O2S2/c1-4-17(14,15)11-9-16-6-5-13(11)8-10(2)7-12-3/h10-12H,4-9H2,1-3H3. The van der Waals surface area contributed by atoms with E-state index in [0.717, 1.165) is 31.1 Å². The molecule has 0 bridgehead atoms. The van der Waals surface area contributed by atoms with Gasteiger partial charge in [-0.05, 0) is 19.5 Å². The molecule has 4 nitrogen and oxygen atoms in total. The highest BCUT2D eigenvalue weighted by atomic mass is 32.2. The van der Waals surface area contributed by atoms with Gasteiger partial charge in [0, 0.05) is 30.3 Å². The van der Waals surface area contributed by atoms with Gasteiger partial charge >= 0.3 is 0 Å². The second-order valence-corrected chi connectivity index (χ2v) is 8.24. The summed E-state index contributed by atoms with van der Waals surface area (Å²) in [4.78, 5) is 2.15. The number of hydrogen-bond acceptors (Lipinski definition) is 5. The first kappa shape index (κ1) is 15.3. The summed E-state index contributed by atoms with van der Waals surface area (Å²) in [5.74, 6) is 2.50. The van der Waals surface area contributed by atoms with Gasteiger partial charge in [0.2, 0.25) is 0 Å². The Kier molecular flexibility index (Phi) is 6.26. The average Bonchev–Trinajstić information content (AvgIpc) is 2.30. The van der Waals surface area contributed by atoms with E-state index in [0.29, 0.717) is 5.92 Å². The zero-order valence-corrected chi connectivity index (χ0v) is 12.6. The highest BCUT2D eigenvalue weighted by molar-refractivity contribution is 8.01. The fraction of sp³-hybridized carbons (Fsp3) is 1.00. The second-order valence-electron chi connectivity index (χ2n) is 4.64. The smallest absolute Gasteiger partial charge is 0.166 e. The van der Waals surface area contributed by atoms with Gasteiger partial charge in [-0.3, -0.25) is 4.90 Å². The molecular formula is C11H24N2O2S2. The number of nitrogens with one attached hydrogen (secondary N) is 1. The number of hydrogen-bond donors (Lipinski definition) is 1. The van der Waals surface area contributed by atoms with Gasteiger partial charge in [0.25, 0.3) is 0 Å². The molecule has 0 radical (unpaired) electrons. The normalized spacial score (nSPS) is 24.8. The monoisotopic (exact) mass is 280 g/mol. The lowest BCUT2D eigenvalue weighted by Gasteiger charge is -2.36. The van der Waals surface area contributed by atoms with Crippen molar-refractivity contribution < 1.29 is 8.42 Å². The summed E-state index contributed by atoms with van der Waals surface area (Å²) in [5, 5.41) is 2.87. The third-order valence-corrected chi connectivity index (χ3v) is 6.44. The molecule has 0 saturated carbocycles. The topological polar surface area (TPSA) is 49.4 Å². The van der Waals surface area contributed by atoms with E-state index in [9.17, 15) is 8.42 Å². The van der Waals surface area contributed by atoms with Crippen LogP contribution in [0.3, 0.4) is 0 Å². The Morgan fingerprint density at radius 3 is 2.82 bits per heavy atom. The number of sulfone groups is 1. The summed E-state index contributed by atoms with van der Waals surface area (Å²) >= 11 is 1.75. The van der Waals surface area contributed by atoms with E-state index < -0.39 is 9.84 Å². The molecule has 1 heterocycles. The third kappa shape index (κ3) is 4.43. The molecule has 0 aliphatic carbocycles. The first-order valence-electron chi connectivity index (χ1n) is 6.19. The van der Waals surface area contributed by atoms with Crippen LogP contribution in [0.1, 0.15) is 13.8 Å². The van der Waals surface area contributed by atoms with E-state index in [1.54, 1.807) is 18.7 Å². The Morgan fingerprint density at radius 2 is 2.24 bits per heavy atom. The predicted octanol–water partition coefficient (Wildman–Crippen LogP) is 0.652. The molecule has 6 heteroatoms. The Hall–Kier alpha value is 0.220. The lowest BCUT2D eigenvalue weighted by molar-refractivity contribution is 0.232. The molecule has 0 aromatic rings. The van der Waals surface area contributed by atoms with E-state index in [4.69, 9.17) is 0 Å². The number of nitrogens with zero attached hydrogens (tertiary/aromatic N) is 1. The van der Waals surface area contributed by atoms with Crippen LogP contribution < -0.4 is 5.32 Å². The van der Waals surface area contributed by atoms with Gasteiger partial charge in [0.1, 0.15) is 5.37 Å². The molecule has 0 aromatic carbocycles. The maximum atomic E-state index is 12.0. The molecule has 2 atom stereocenters. The Labute approximate surface area is 109 Å². The van der Waals surface area contributed by atoms with Crippen molar-refractivity contribution in [2.24, 2.45) is 5.92 Å². The van der Waals surface area contributed by atoms with Gasteiger partial charge in [0.15, 0.2) is 9.84 Å². The first-order valence-corrected chi connectivity index (χ1v) is 9.06. The lowest BCUT2D eigenvalue weighted by atomic mass is 10.1. The predicted molar refractivity (Wildman–Crippen MR) is 75.2 cm³/mol. The van der Waals surface area contributed by atoms with Gasteiger partial charge in [-0.1, -0.05) is 13.8 Å². The summed E-state index contributed by atoms with van der Waals surface area (Å²) in [6.45, 7) is 6.59. The first-order chi connectivity index (χ1) is 8.01. The van der Waals surface area contributed by atoms with Crippen LogP contribution in [-0.2, 0) is 9.84 Å². The summed E-state index contributed by atoms with van der Waals surface area (Å²) in [7, 11) is -1.01. The summed E-state index contributed by atoms with van der Waals surface area (Å²) in [5.41, 5.74) is 0. The van der Waals surface area contributed by atoms with Crippen molar-refractivity contribution in [2.45, 2.75) is 19.2 Å². The number of rotatable bonds is 6. The molecule has 102 valence electrons. The average molecular weight is 280 g/mol. The molecule has 0 amide bonds. The summed E-state index contributed by atoms with van der Waals surface area (Å²) in [6, 6.07) is 0. The van der Waals surface area contributed by atoms with E-state index in [-0.39, 0.29) is 11.1 Å². The number of thioether (sulfide) groups is 1. The van der Waals surface area contributed by atoms with Crippen LogP contribution in [0.15, 0.2) is 0 Å². The molecule has 0 aromatic heterocycles. The molecule has 1 N–H and O–H groups in total. The molecule has 1 aliphatic heterocycles. The largest absolute Gasteiger partial charge is 0.319 e. The van der Waals surface area contributed by atoms with Gasteiger partial charge < -0.3 is 5.32 Å². The summed E-state index contributed by atoms with van der Waals surface area (Å²) < 4.78 is 24.1. The minimum Gasteiger partial charge on any atom is -0.319 e. The fourth-order valence-corrected chi connectivity index (χ4v) is 5.25. The minimum atomic E-state index is -2.95. The Morgan fingerprint density at radius 1 is 1.53 bits per heavy atom. The molecular weight excluding hydrogens is 256 g/mol. The lowest BCUT2D eigenvalue weighted by Crippen LogP contribution is -2.49. The van der Waals surface area contributed by atoms with E-state index in [2.05, 4.69) is 17.1 Å². The van der Waals surface area contributed by atoms with Gasteiger partial charge in [-0.15, -0.1) is 0 Å². The Bertz CT molecular complexity index is 319. The maximum Gasteiger partial charge on any atom is 0.166 e. The van der Waals surface area contributed by atoms with Crippen molar-refractivity contribution in [2.75, 3.05) is 43.9 Å². The van der Waals surface area contributed by atoms with Crippen LogP contribution >= 0.6 is 11.8 Å². The molecule has 1 rings (SSSR count). The van der Waals surface area contributed by atoms with Crippen LogP contribution in [-0.4, -0.2) is 62.6 Å².